The fourth-order valence-electron chi connectivity index (χ4n) is 1.23. The van der Waals surface area contributed by atoms with Crippen LogP contribution in [0.1, 0.15) is 12.0 Å². The van der Waals surface area contributed by atoms with Crippen LogP contribution in [-0.2, 0) is 6.42 Å². The number of rotatable bonds is 4. The van der Waals surface area contributed by atoms with Gasteiger partial charge in [0.05, 0.1) is 0 Å². The van der Waals surface area contributed by atoms with Crippen molar-refractivity contribution in [3.05, 3.63) is 35.6 Å². The van der Waals surface area contributed by atoms with Gasteiger partial charge in [-0.05, 0) is 30.5 Å². The van der Waals surface area contributed by atoms with E-state index in [9.17, 15) is 4.39 Å². The van der Waals surface area contributed by atoms with E-state index in [0.29, 0.717) is 12.8 Å². The summed E-state index contributed by atoms with van der Waals surface area (Å²) in [4.78, 5) is 0. The second-order valence-corrected chi connectivity index (χ2v) is 3.11. The average molecular weight is 183 g/mol. The highest BCUT2D eigenvalue weighted by Crippen LogP contribution is 2.06. The Morgan fingerprint density at radius 3 is 2.85 bits per heavy atom. The van der Waals surface area contributed by atoms with Crippen LogP contribution in [0.25, 0.3) is 0 Å². The Morgan fingerprint density at radius 2 is 2.23 bits per heavy atom. The largest absolute Gasteiger partial charge is 0.396 e. The van der Waals surface area contributed by atoms with Crippen molar-refractivity contribution in [3.8, 4) is 0 Å². The Balaban J connectivity index is 2.53. The Hall–Kier alpha value is -0.930. The minimum atomic E-state index is -0.242. The summed E-state index contributed by atoms with van der Waals surface area (Å²) in [6.45, 7) is 0.0798. The molecule has 3 heteroatoms. The lowest BCUT2D eigenvalue weighted by Crippen LogP contribution is -2.23. The molecule has 0 aliphatic rings. The van der Waals surface area contributed by atoms with Crippen LogP contribution in [0.3, 0.4) is 0 Å². The predicted molar refractivity (Wildman–Crippen MR) is 49.8 cm³/mol. The smallest absolute Gasteiger partial charge is 0.123 e. The molecule has 0 amide bonds. The van der Waals surface area contributed by atoms with E-state index in [0.717, 1.165) is 5.56 Å². The van der Waals surface area contributed by atoms with E-state index < -0.39 is 0 Å². The SMILES string of the molecule is NC(CCO)Cc1cccc(F)c1. The number of hydrogen-bond acceptors (Lipinski definition) is 2. The summed E-state index contributed by atoms with van der Waals surface area (Å²) in [6, 6.07) is 6.28. The lowest BCUT2D eigenvalue weighted by molar-refractivity contribution is 0.275. The van der Waals surface area contributed by atoms with Crippen molar-refractivity contribution in [2.45, 2.75) is 18.9 Å². The van der Waals surface area contributed by atoms with Gasteiger partial charge >= 0.3 is 0 Å². The molecule has 0 heterocycles. The first-order chi connectivity index (χ1) is 6.22. The third-order valence-electron chi connectivity index (χ3n) is 1.89. The van der Waals surface area contributed by atoms with Crippen LogP contribution in [0.5, 0.6) is 0 Å². The van der Waals surface area contributed by atoms with E-state index >= 15 is 0 Å². The molecule has 72 valence electrons. The molecule has 0 saturated heterocycles. The predicted octanol–water partition coefficient (Wildman–Crippen LogP) is 1.08. The monoisotopic (exact) mass is 183 g/mol. The van der Waals surface area contributed by atoms with Crippen LogP contribution in [0.2, 0.25) is 0 Å². The first kappa shape index (κ1) is 10.2. The summed E-state index contributed by atoms with van der Waals surface area (Å²) < 4.78 is 12.7. The Labute approximate surface area is 77.2 Å². The first-order valence-corrected chi connectivity index (χ1v) is 4.33. The molecule has 1 atom stereocenters. The zero-order valence-corrected chi connectivity index (χ0v) is 7.41. The normalized spacial score (nSPS) is 12.8. The van der Waals surface area contributed by atoms with E-state index in [4.69, 9.17) is 10.8 Å². The van der Waals surface area contributed by atoms with E-state index in [-0.39, 0.29) is 18.5 Å². The van der Waals surface area contributed by atoms with Crippen molar-refractivity contribution in [1.29, 1.82) is 0 Å². The van der Waals surface area contributed by atoms with Gasteiger partial charge in [0.15, 0.2) is 0 Å². The maximum absolute atomic E-state index is 12.7. The standard InChI is InChI=1S/C10H14FNO/c11-9-3-1-2-8(6-9)7-10(12)4-5-13/h1-3,6,10,13H,4-5,7,12H2. The second-order valence-electron chi connectivity index (χ2n) is 3.11. The fourth-order valence-corrected chi connectivity index (χ4v) is 1.23. The van der Waals surface area contributed by atoms with Crippen LogP contribution in [0.4, 0.5) is 4.39 Å². The molecular weight excluding hydrogens is 169 g/mol. The minimum absolute atomic E-state index is 0.0798. The van der Waals surface area contributed by atoms with Gasteiger partial charge in [0, 0.05) is 12.6 Å². The highest BCUT2D eigenvalue weighted by Gasteiger charge is 2.03. The summed E-state index contributed by atoms with van der Waals surface area (Å²) in [6.07, 6.45) is 1.16. The Kier molecular flexibility index (Phi) is 3.86. The van der Waals surface area contributed by atoms with Crippen LogP contribution >= 0.6 is 0 Å². The summed E-state index contributed by atoms with van der Waals surface area (Å²) in [5.74, 6) is -0.242. The number of nitrogens with two attached hydrogens (primary N) is 1. The third-order valence-corrected chi connectivity index (χ3v) is 1.89. The zero-order chi connectivity index (χ0) is 9.68. The summed E-state index contributed by atoms with van der Waals surface area (Å²) in [7, 11) is 0. The molecule has 0 fully saturated rings. The van der Waals surface area contributed by atoms with Crippen molar-refractivity contribution in [1.82, 2.24) is 0 Å². The number of hydrogen-bond donors (Lipinski definition) is 2. The van der Waals surface area contributed by atoms with Crippen molar-refractivity contribution >= 4 is 0 Å². The van der Waals surface area contributed by atoms with Gasteiger partial charge in [-0.2, -0.15) is 0 Å². The number of benzene rings is 1. The molecule has 0 aromatic heterocycles. The van der Waals surface area contributed by atoms with Gasteiger partial charge in [0.25, 0.3) is 0 Å². The molecule has 0 radical (unpaired) electrons. The summed E-state index contributed by atoms with van der Waals surface area (Å²) in [5, 5.41) is 8.62. The molecule has 1 aromatic rings. The van der Waals surface area contributed by atoms with Crippen LogP contribution < -0.4 is 5.73 Å². The van der Waals surface area contributed by atoms with E-state index in [2.05, 4.69) is 0 Å². The van der Waals surface area contributed by atoms with Crippen molar-refractivity contribution in [3.63, 3.8) is 0 Å². The first-order valence-electron chi connectivity index (χ1n) is 4.33. The zero-order valence-electron chi connectivity index (χ0n) is 7.41. The summed E-state index contributed by atoms with van der Waals surface area (Å²) in [5.41, 5.74) is 6.56. The highest BCUT2D eigenvalue weighted by molar-refractivity contribution is 5.17. The number of halogens is 1. The molecule has 13 heavy (non-hydrogen) atoms. The lowest BCUT2D eigenvalue weighted by atomic mass is 10.0. The highest BCUT2D eigenvalue weighted by atomic mass is 19.1. The third kappa shape index (κ3) is 3.53. The van der Waals surface area contributed by atoms with Crippen LogP contribution in [0, 0.1) is 5.82 Å². The van der Waals surface area contributed by atoms with Crippen molar-refractivity contribution in [2.75, 3.05) is 6.61 Å². The molecule has 1 rings (SSSR count). The van der Waals surface area contributed by atoms with Gasteiger partial charge in [-0.25, -0.2) is 4.39 Å². The lowest BCUT2D eigenvalue weighted by Gasteiger charge is -2.09. The van der Waals surface area contributed by atoms with Crippen molar-refractivity contribution in [2.24, 2.45) is 5.73 Å². The topological polar surface area (TPSA) is 46.2 Å². The quantitative estimate of drug-likeness (QED) is 0.733. The molecule has 1 unspecified atom stereocenters. The Morgan fingerprint density at radius 1 is 1.46 bits per heavy atom. The fraction of sp³-hybridized carbons (Fsp3) is 0.400. The molecular formula is C10H14FNO. The molecule has 0 aliphatic heterocycles. The van der Waals surface area contributed by atoms with Gasteiger partial charge in [-0.1, -0.05) is 12.1 Å². The van der Waals surface area contributed by atoms with Crippen molar-refractivity contribution < 1.29 is 9.50 Å². The molecule has 0 saturated carbocycles. The molecule has 0 aliphatic carbocycles. The molecule has 1 aromatic carbocycles. The second kappa shape index (κ2) is 4.94. The van der Waals surface area contributed by atoms with E-state index in [1.54, 1.807) is 6.07 Å². The minimum Gasteiger partial charge on any atom is -0.396 e. The van der Waals surface area contributed by atoms with Crippen LogP contribution in [0.15, 0.2) is 24.3 Å². The summed E-state index contributed by atoms with van der Waals surface area (Å²) >= 11 is 0. The van der Waals surface area contributed by atoms with E-state index in [1.807, 2.05) is 6.07 Å². The number of aliphatic hydroxyl groups is 1. The maximum atomic E-state index is 12.7. The van der Waals surface area contributed by atoms with E-state index in [1.165, 1.54) is 12.1 Å². The van der Waals surface area contributed by atoms with Crippen LogP contribution in [-0.4, -0.2) is 17.8 Å². The van der Waals surface area contributed by atoms with Gasteiger partial charge in [-0.15, -0.1) is 0 Å². The molecule has 0 bridgehead atoms. The molecule has 2 nitrogen and oxygen atoms in total. The number of aliphatic hydroxyl groups excluding tert-OH is 1. The van der Waals surface area contributed by atoms with Gasteiger partial charge < -0.3 is 10.8 Å². The molecule has 0 spiro atoms. The maximum Gasteiger partial charge on any atom is 0.123 e. The van der Waals surface area contributed by atoms with Gasteiger partial charge in [-0.3, -0.25) is 0 Å². The average Bonchev–Trinajstić information content (AvgIpc) is 2.04. The van der Waals surface area contributed by atoms with Gasteiger partial charge in [0.1, 0.15) is 5.82 Å². The Bertz CT molecular complexity index is 265. The molecule has 3 N–H and O–H groups in total. The van der Waals surface area contributed by atoms with Gasteiger partial charge in [0.2, 0.25) is 0 Å².